The van der Waals surface area contributed by atoms with Crippen molar-refractivity contribution in [2.45, 2.75) is 13.5 Å². The van der Waals surface area contributed by atoms with Crippen LogP contribution in [0.15, 0.2) is 60.7 Å². The fourth-order valence-corrected chi connectivity index (χ4v) is 1.81. The molecule has 0 amide bonds. The third-order valence-corrected chi connectivity index (χ3v) is 2.82. The summed E-state index contributed by atoms with van der Waals surface area (Å²) >= 11 is 0. The number of aryl methyl sites for hydroxylation is 1. The normalized spacial score (nSPS) is 10.7. The van der Waals surface area contributed by atoms with Gasteiger partial charge in [-0.2, -0.15) is 0 Å². The number of hydrogen-bond acceptors (Lipinski definition) is 2. The minimum absolute atomic E-state index is 0.359. The van der Waals surface area contributed by atoms with Crippen LogP contribution in [0.25, 0.3) is 6.08 Å². The minimum atomic E-state index is -0.359. The molecule has 2 N–H and O–H groups in total. The van der Waals surface area contributed by atoms with Gasteiger partial charge < -0.3 is 0 Å². The summed E-state index contributed by atoms with van der Waals surface area (Å²) < 4.78 is 0. The van der Waals surface area contributed by atoms with Crippen LogP contribution < -0.4 is 5.48 Å². The zero-order valence-electron chi connectivity index (χ0n) is 11.5. The van der Waals surface area contributed by atoms with Crippen molar-refractivity contribution in [3.05, 3.63) is 77.4 Å². The van der Waals surface area contributed by atoms with Crippen LogP contribution in [0.2, 0.25) is 0 Å². The zero-order chi connectivity index (χ0) is 14.2. The van der Waals surface area contributed by atoms with E-state index >= 15 is 0 Å². The van der Waals surface area contributed by atoms with Crippen LogP contribution in [0, 0.1) is 6.92 Å². The molecule has 0 atom stereocenters. The lowest BCUT2D eigenvalue weighted by Gasteiger charge is -1.94. The number of rotatable bonds is 5. The SMILES string of the molecule is Cc1cccc(/C=C/C(=[O+])O[NH2+]Cc2ccccc2)c1. The maximum absolute atomic E-state index is 11.6. The van der Waals surface area contributed by atoms with Crippen LogP contribution in [0.1, 0.15) is 16.7 Å². The van der Waals surface area contributed by atoms with E-state index in [1.54, 1.807) is 6.08 Å². The molecule has 1 radical (unpaired) electrons. The Morgan fingerprint density at radius 2 is 1.95 bits per heavy atom. The van der Waals surface area contributed by atoms with Gasteiger partial charge in [-0.15, -0.1) is 0 Å². The summed E-state index contributed by atoms with van der Waals surface area (Å²) in [6.45, 7) is 2.63. The van der Waals surface area contributed by atoms with Gasteiger partial charge in [-0.1, -0.05) is 70.5 Å². The van der Waals surface area contributed by atoms with Gasteiger partial charge in [0.05, 0.1) is 4.79 Å². The molecular formula is C17H18NO2+2. The van der Waals surface area contributed by atoms with Crippen molar-refractivity contribution in [3.8, 4) is 0 Å². The molecule has 0 spiro atoms. The number of carbonyl (C=O) groups is 1. The highest BCUT2D eigenvalue weighted by molar-refractivity contribution is 5.86. The van der Waals surface area contributed by atoms with Crippen molar-refractivity contribution >= 4 is 12.0 Å². The Balaban J connectivity index is 1.78. The Bertz CT molecular complexity index is 591. The Kier molecular flexibility index (Phi) is 5.09. The van der Waals surface area contributed by atoms with Gasteiger partial charge in [0.15, 0.2) is 6.54 Å². The van der Waals surface area contributed by atoms with Gasteiger partial charge in [-0.3, -0.25) is 0 Å². The van der Waals surface area contributed by atoms with Crippen molar-refractivity contribution < 1.29 is 15.1 Å². The van der Waals surface area contributed by atoms with Crippen LogP contribution in [0.4, 0.5) is 0 Å². The largest absolute Gasteiger partial charge is 0.662 e. The Labute approximate surface area is 118 Å². The first-order chi connectivity index (χ1) is 9.74. The van der Waals surface area contributed by atoms with E-state index in [4.69, 9.17) is 4.84 Å². The Hall–Kier alpha value is -2.39. The fraction of sp³-hybridized carbons (Fsp3) is 0.118. The van der Waals surface area contributed by atoms with E-state index in [1.807, 2.05) is 61.5 Å². The quantitative estimate of drug-likeness (QED) is 0.513. The molecule has 0 aliphatic rings. The summed E-state index contributed by atoms with van der Waals surface area (Å²) in [6.07, 6.45) is 3.20. The summed E-state index contributed by atoms with van der Waals surface area (Å²) in [5.41, 5.74) is 4.79. The maximum atomic E-state index is 11.6. The van der Waals surface area contributed by atoms with Gasteiger partial charge in [-0.05, 0) is 18.6 Å². The summed E-state index contributed by atoms with van der Waals surface area (Å²) in [6, 6.07) is 17.8. The summed E-state index contributed by atoms with van der Waals surface area (Å²) in [5, 5.41) is 0. The number of benzene rings is 2. The van der Waals surface area contributed by atoms with Crippen molar-refractivity contribution in [2.75, 3.05) is 0 Å². The number of carbonyl (C=O) groups excluding carboxylic acids is 1. The third kappa shape index (κ3) is 4.71. The third-order valence-electron chi connectivity index (χ3n) is 2.82. The molecule has 0 fully saturated rings. The molecule has 101 valence electrons. The van der Waals surface area contributed by atoms with Crippen LogP contribution in [-0.2, 0) is 16.2 Å². The van der Waals surface area contributed by atoms with Crippen molar-refractivity contribution in [1.29, 1.82) is 0 Å². The molecule has 0 aliphatic carbocycles. The highest BCUT2D eigenvalue weighted by atomic mass is 16.7. The molecule has 0 saturated heterocycles. The van der Waals surface area contributed by atoms with Crippen LogP contribution in [0.5, 0.6) is 0 Å². The second-order valence-electron chi connectivity index (χ2n) is 4.54. The van der Waals surface area contributed by atoms with Crippen molar-refractivity contribution in [3.63, 3.8) is 0 Å². The van der Waals surface area contributed by atoms with Crippen molar-refractivity contribution in [2.24, 2.45) is 0 Å². The molecule has 0 aliphatic heterocycles. The second-order valence-corrected chi connectivity index (χ2v) is 4.54. The lowest BCUT2D eigenvalue weighted by molar-refractivity contribution is -0.884. The summed E-state index contributed by atoms with van der Waals surface area (Å²) in [5.74, 6) is -0.359. The predicted molar refractivity (Wildman–Crippen MR) is 78.4 cm³/mol. The van der Waals surface area contributed by atoms with Gasteiger partial charge in [0.1, 0.15) is 6.08 Å². The first-order valence-corrected chi connectivity index (χ1v) is 6.55. The predicted octanol–water partition coefficient (Wildman–Crippen LogP) is 2.23. The number of nitrogens with two attached hydrogens (primary N) is 1. The average Bonchev–Trinajstić information content (AvgIpc) is 2.46. The molecule has 20 heavy (non-hydrogen) atoms. The van der Waals surface area contributed by atoms with Gasteiger partial charge in [0, 0.05) is 5.56 Å². The smallest absolute Gasteiger partial charge is 0.0843 e. The van der Waals surface area contributed by atoms with Gasteiger partial charge in [-0.25, -0.2) is 0 Å². The number of hydrogen-bond donors (Lipinski definition) is 1. The highest BCUT2D eigenvalue weighted by Crippen LogP contribution is 2.05. The van der Waals surface area contributed by atoms with E-state index < -0.39 is 0 Å². The first-order valence-electron chi connectivity index (χ1n) is 6.55. The van der Waals surface area contributed by atoms with E-state index in [-0.39, 0.29) is 5.97 Å². The molecule has 0 bridgehead atoms. The summed E-state index contributed by atoms with van der Waals surface area (Å²) in [4.78, 5) is 16.6. The molecule has 0 aromatic heterocycles. The molecular weight excluding hydrogens is 250 g/mol. The Morgan fingerprint density at radius 3 is 2.70 bits per heavy atom. The topological polar surface area (TPSA) is 45.7 Å². The molecule has 2 rings (SSSR count). The van der Waals surface area contributed by atoms with Crippen molar-refractivity contribution in [1.82, 2.24) is 0 Å². The lowest BCUT2D eigenvalue weighted by atomic mass is 10.1. The highest BCUT2D eigenvalue weighted by Gasteiger charge is 2.15. The van der Waals surface area contributed by atoms with E-state index in [2.05, 4.69) is 0 Å². The average molecular weight is 268 g/mol. The van der Waals surface area contributed by atoms with Crippen LogP contribution >= 0.6 is 0 Å². The monoisotopic (exact) mass is 268 g/mol. The van der Waals surface area contributed by atoms with Gasteiger partial charge in [0.2, 0.25) is 0 Å². The maximum Gasteiger partial charge on any atom is 0.662 e. The fourth-order valence-electron chi connectivity index (χ4n) is 1.81. The van der Waals surface area contributed by atoms with Gasteiger partial charge in [0.25, 0.3) is 0 Å². The minimum Gasteiger partial charge on any atom is -0.0843 e. The second kappa shape index (κ2) is 7.26. The van der Waals surface area contributed by atoms with E-state index in [9.17, 15) is 4.79 Å². The van der Waals surface area contributed by atoms with E-state index in [0.717, 1.165) is 16.7 Å². The molecule has 2 aromatic rings. The standard InChI is InChI=1S/C17H17NO2/c1-14-6-5-9-15(12-14)10-11-17(19)20-18-13-16-7-3-2-4-8-16/h2-12,18H,13H2,1H3/q+1/p+1/b11-10+. The first kappa shape index (κ1) is 14.0. The van der Waals surface area contributed by atoms with Crippen LogP contribution in [-0.4, -0.2) is 5.97 Å². The molecule has 3 nitrogen and oxygen atoms in total. The molecule has 3 heteroatoms. The molecule has 2 aromatic carbocycles. The molecule has 0 heterocycles. The van der Waals surface area contributed by atoms with E-state index in [1.165, 1.54) is 11.6 Å². The Morgan fingerprint density at radius 1 is 1.15 bits per heavy atom. The summed E-state index contributed by atoms with van der Waals surface area (Å²) in [7, 11) is 0. The number of hydroxylamine groups is 1. The van der Waals surface area contributed by atoms with E-state index in [0.29, 0.717) is 6.54 Å². The van der Waals surface area contributed by atoms with Crippen LogP contribution in [0.3, 0.4) is 0 Å². The molecule has 0 saturated carbocycles. The lowest BCUT2D eigenvalue weighted by Crippen LogP contribution is -2.82. The zero-order valence-corrected chi connectivity index (χ0v) is 11.5. The number of quaternary nitrogens is 1. The molecule has 0 unspecified atom stereocenters. The van der Waals surface area contributed by atoms with Gasteiger partial charge >= 0.3 is 5.97 Å².